The number of hydrogen-bond donors (Lipinski definition) is 1. The summed E-state index contributed by atoms with van der Waals surface area (Å²) in [6.07, 6.45) is 3.61. The molecule has 3 aromatic heterocycles. The van der Waals surface area contributed by atoms with E-state index in [9.17, 15) is 4.79 Å². The van der Waals surface area contributed by atoms with Gasteiger partial charge in [-0.25, -0.2) is 0 Å². The van der Waals surface area contributed by atoms with Crippen LogP contribution >= 0.6 is 11.6 Å². The van der Waals surface area contributed by atoms with Crippen molar-refractivity contribution in [3.63, 3.8) is 0 Å². The standard InChI is InChI=1S/C18H12ClN5O/c1-23-9-14-13-5-3-11(19)6-16(13)24(18(25)17(14)22-23)12-4-2-10-8-20-21-15(10)7-12/h2-9H,1H3,(H,20,21). The number of halogens is 1. The quantitative estimate of drug-likeness (QED) is 0.504. The zero-order chi connectivity index (χ0) is 17.1. The Hall–Kier alpha value is -3.12. The number of benzene rings is 2. The second kappa shape index (κ2) is 4.94. The average Bonchev–Trinajstić information content (AvgIpc) is 3.20. The highest BCUT2D eigenvalue weighted by Crippen LogP contribution is 2.27. The maximum Gasteiger partial charge on any atom is 0.283 e. The highest BCUT2D eigenvalue weighted by Gasteiger charge is 2.15. The van der Waals surface area contributed by atoms with Gasteiger partial charge >= 0.3 is 0 Å². The lowest BCUT2D eigenvalue weighted by atomic mass is 10.1. The molecule has 3 heterocycles. The lowest BCUT2D eigenvalue weighted by Gasteiger charge is -2.11. The molecule has 0 bridgehead atoms. The Morgan fingerprint density at radius 1 is 1.12 bits per heavy atom. The molecule has 25 heavy (non-hydrogen) atoms. The zero-order valence-corrected chi connectivity index (χ0v) is 13.9. The molecule has 0 aliphatic heterocycles. The van der Waals surface area contributed by atoms with Gasteiger partial charge in [-0.2, -0.15) is 10.2 Å². The Labute approximate surface area is 146 Å². The first-order chi connectivity index (χ1) is 12.1. The van der Waals surface area contributed by atoms with Gasteiger partial charge in [0.15, 0.2) is 5.52 Å². The van der Waals surface area contributed by atoms with Crippen molar-refractivity contribution in [1.29, 1.82) is 0 Å². The molecular weight excluding hydrogens is 338 g/mol. The molecule has 5 aromatic rings. The number of aromatic nitrogens is 5. The van der Waals surface area contributed by atoms with Gasteiger partial charge in [0.25, 0.3) is 5.56 Å². The molecule has 0 aliphatic rings. The summed E-state index contributed by atoms with van der Waals surface area (Å²) >= 11 is 6.21. The van der Waals surface area contributed by atoms with Crippen molar-refractivity contribution in [2.75, 3.05) is 0 Å². The highest BCUT2D eigenvalue weighted by atomic mass is 35.5. The lowest BCUT2D eigenvalue weighted by Crippen LogP contribution is -2.19. The van der Waals surface area contributed by atoms with E-state index in [2.05, 4.69) is 15.3 Å². The predicted molar refractivity (Wildman–Crippen MR) is 98.5 cm³/mol. The van der Waals surface area contributed by atoms with E-state index in [0.717, 1.165) is 32.9 Å². The van der Waals surface area contributed by atoms with E-state index in [-0.39, 0.29) is 5.56 Å². The van der Waals surface area contributed by atoms with Gasteiger partial charge in [0, 0.05) is 34.4 Å². The molecule has 0 radical (unpaired) electrons. The fraction of sp³-hybridized carbons (Fsp3) is 0.0556. The first kappa shape index (κ1) is 14.2. The van der Waals surface area contributed by atoms with Crippen molar-refractivity contribution >= 4 is 44.3 Å². The number of fused-ring (bicyclic) bond motifs is 4. The fourth-order valence-electron chi connectivity index (χ4n) is 3.30. The topological polar surface area (TPSA) is 68.5 Å². The maximum atomic E-state index is 13.2. The molecule has 7 heteroatoms. The summed E-state index contributed by atoms with van der Waals surface area (Å²) in [6.45, 7) is 0. The first-order valence-electron chi connectivity index (χ1n) is 7.73. The van der Waals surface area contributed by atoms with Gasteiger partial charge in [0.05, 0.1) is 22.9 Å². The van der Waals surface area contributed by atoms with Crippen LogP contribution in [0.25, 0.3) is 38.4 Å². The second-order valence-electron chi connectivity index (χ2n) is 6.01. The van der Waals surface area contributed by atoms with Gasteiger partial charge in [-0.1, -0.05) is 17.7 Å². The van der Waals surface area contributed by atoms with E-state index < -0.39 is 0 Å². The lowest BCUT2D eigenvalue weighted by molar-refractivity contribution is 0.777. The van der Waals surface area contributed by atoms with Crippen LogP contribution < -0.4 is 5.56 Å². The van der Waals surface area contributed by atoms with E-state index in [1.165, 1.54) is 0 Å². The molecule has 6 nitrogen and oxygen atoms in total. The highest BCUT2D eigenvalue weighted by molar-refractivity contribution is 6.31. The van der Waals surface area contributed by atoms with Gasteiger partial charge in [0.2, 0.25) is 0 Å². The van der Waals surface area contributed by atoms with Crippen molar-refractivity contribution in [1.82, 2.24) is 24.5 Å². The van der Waals surface area contributed by atoms with E-state index in [4.69, 9.17) is 11.6 Å². The second-order valence-corrected chi connectivity index (χ2v) is 6.45. The summed E-state index contributed by atoms with van der Waals surface area (Å²) in [5, 5.41) is 14.6. The van der Waals surface area contributed by atoms with Crippen LogP contribution in [0.15, 0.2) is 53.6 Å². The Balaban J connectivity index is 1.99. The minimum atomic E-state index is -0.177. The van der Waals surface area contributed by atoms with Crippen LogP contribution in [0.3, 0.4) is 0 Å². The third-order valence-electron chi connectivity index (χ3n) is 4.41. The van der Waals surface area contributed by atoms with Crippen molar-refractivity contribution in [3.8, 4) is 5.69 Å². The summed E-state index contributed by atoms with van der Waals surface area (Å²) in [5.41, 5.74) is 2.60. The molecule has 0 atom stereocenters. The van der Waals surface area contributed by atoms with Crippen LogP contribution in [0.4, 0.5) is 0 Å². The van der Waals surface area contributed by atoms with Crippen LogP contribution in [0.1, 0.15) is 0 Å². The SMILES string of the molecule is Cn1cc2c(n1)c(=O)n(-c1ccc3cn[nH]c3c1)c1cc(Cl)ccc21. The Morgan fingerprint density at radius 2 is 2.00 bits per heavy atom. The van der Waals surface area contributed by atoms with Gasteiger partial charge in [0.1, 0.15) is 0 Å². The number of nitrogens with one attached hydrogen (secondary N) is 1. The van der Waals surface area contributed by atoms with E-state index in [0.29, 0.717) is 10.5 Å². The number of H-pyrrole nitrogens is 1. The number of rotatable bonds is 1. The van der Waals surface area contributed by atoms with Crippen LogP contribution in [0.2, 0.25) is 5.02 Å². The van der Waals surface area contributed by atoms with Crippen LogP contribution in [0.5, 0.6) is 0 Å². The number of aromatic amines is 1. The zero-order valence-electron chi connectivity index (χ0n) is 13.2. The normalized spacial score (nSPS) is 11.8. The first-order valence-corrected chi connectivity index (χ1v) is 8.11. The molecule has 0 saturated carbocycles. The summed E-state index contributed by atoms with van der Waals surface area (Å²) < 4.78 is 3.30. The Morgan fingerprint density at radius 3 is 2.88 bits per heavy atom. The van der Waals surface area contributed by atoms with Crippen molar-refractivity contribution in [2.24, 2.45) is 7.05 Å². The summed E-state index contributed by atoms with van der Waals surface area (Å²) in [5.74, 6) is 0. The van der Waals surface area contributed by atoms with Crippen LogP contribution in [-0.2, 0) is 7.05 Å². The van der Waals surface area contributed by atoms with Crippen LogP contribution in [0, 0.1) is 0 Å². The van der Waals surface area contributed by atoms with Gasteiger partial charge < -0.3 is 0 Å². The predicted octanol–water partition coefficient (Wildman–Crippen LogP) is 3.41. The molecule has 0 spiro atoms. The number of pyridine rings is 1. The molecular formula is C18H12ClN5O. The Bertz CT molecular complexity index is 1340. The molecule has 0 unspecified atom stereocenters. The number of aryl methyl sites for hydroxylation is 1. The molecule has 2 aromatic carbocycles. The van der Waals surface area contributed by atoms with Crippen molar-refractivity contribution in [3.05, 3.63) is 64.2 Å². The fourth-order valence-corrected chi connectivity index (χ4v) is 3.46. The molecule has 0 fully saturated rings. The Kier molecular flexibility index (Phi) is 2.81. The van der Waals surface area contributed by atoms with Gasteiger partial charge in [-0.3, -0.25) is 19.1 Å². The van der Waals surface area contributed by atoms with Crippen molar-refractivity contribution in [2.45, 2.75) is 0 Å². The third-order valence-corrected chi connectivity index (χ3v) is 4.64. The van der Waals surface area contributed by atoms with E-state index in [1.807, 2.05) is 49.6 Å². The maximum absolute atomic E-state index is 13.2. The number of hydrogen-bond acceptors (Lipinski definition) is 3. The summed E-state index contributed by atoms with van der Waals surface area (Å²) in [7, 11) is 1.81. The molecule has 122 valence electrons. The van der Waals surface area contributed by atoms with Crippen LogP contribution in [-0.4, -0.2) is 24.5 Å². The minimum Gasteiger partial charge on any atom is -0.278 e. The smallest absolute Gasteiger partial charge is 0.278 e. The molecule has 1 N–H and O–H groups in total. The summed E-state index contributed by atoms with van der Waals surface area (Å²) in [6, 6.07) is 11.3. The van der Waals surface area contributed by atoms with Gasteiger partial charge in [-0.15, -0.1) is 0 Å². The molecule has 0 amide bonds. The van der Waals surface area contributed by atoms with Gasteiger partial charge in [-0.05, 0) is 30.3 Å². The molecule has 0 saturated heterocycles. The van der Waals surface area contributed by atoms with E-state index in [1.54, 1.807) is 15.4 Å². The van der Waals surface area contributed by atoms with E-state index >= 15 is 0 Å². The third kappa shape index (κ3) is 2.01. The summed E-state index contributed by atoms with van der Waals surface area (Å²) in [4.78, 5) is 13.2. The largest absolute Gasteiger partial charge is 0.283 e. The van der Waals surface area contributed by atoms with Crippen molar-refractivity contribution < 1.29 is 0 Å². The number of nitrogens with zero attached hydrogens (tertiary/aromatic N) is 4. The minimum absolute atomic E-state index is 0.177. The monoisotopic (exact) mass is 349 g/mol. The molecule has 5 rings (SSSR count). The average molecular weight is 350 g/mol. The molecule has 0 aliphatic carbocycles.